The number of likely N-dealkylation sites (tertiary alicyclic amines) is 1. The molecule has 1 fully saturated rings. The van der Waals surface area contributed by atoms with Crippen LogP contribution in [0.4, 0.5) is 0 Å². The molecule has 4 aromatic rings. The van der Waals surface area contributed by atoms with E-state index < -0.39 is 109 Å². The van der Waals surface area contributed by atoms with Gasteiger partial charge in [-0.1, -0.05) is 66.7 Å². The molecule has 0 bridgehead atoms. The predicted molar refractivity (Wildman–Crippen MR) is 280 cm³/mol. The predicted octanol–water partition coefficient (Wildman–Crippen LogP) is -1.24. The second-order valence-corrected chi connectivity index (χ2v) is 18.6. The number of nitrogens with one attached hydrogen (secondary N) is 8. The molecule has 78 heavy (non-hydrogen) atoms. The second kappa shape index (κ2) is 29.1. The van der Waals surface area contributed by atoms with E-state index in [0.29, 0.717) is 35.1 Å². The maximum atomic E-state index is 14.6. The van der Waals surface area contributed by atoms with E-state index in [2.05, 4.69) is 37.2 Å². The van der Waals surface area contributed by atoms with Gasteiger partial charge in [-0.15, -0.1) is 0 Å². The summed E-state index contributed by atoms with van der Waals surface area (Å²) in [6.45, 7) is -0.403. The Morgan fingerprint density at radius 3 is 1.58 bits per heavy atom. The number of nitrogens with zero attached hydrogens (tertiary/aromatic N) is 1. The van der Waals surface area contributed by atoms with Crippen LogP contribution in [0.15, 0.2) is 103 Å². The van der Waals surface area contributed by atoms with Crippen molar-refractivity contribution >= 4 is 59.2 Å². The summed E-state index contributed by atoms with van der Waals surface area (Å²) in [6, 6.07) is 15.6. The first-order chi connectivity index (χ1) is 37.1. The average molecular weight is 1080 g/mol. The zero-order valence-electron chi connectivity index (χ0n) is 42.4. The van der Waals surface area contributed by atoms with Crippen molar-refractivity contribution in [3.05, 3.63) is 125 Å². The molecule has 0 aromatic heterocycles. The molecule has 0 saturated carbocycles. The van der Waals surface area contributed by atoms with Crippen LogP contribution in [-0.4, -0.2) is 152 Å². The summed E-state index contributed by atoms with van der Waals surface area (Å²) in [7, 11) is 0. The van der Waals surface area contributed by atoms with E-state index in [9.17, 15) is 68.7 Å². The molecule has 0 spiro atoms. The lowest BCUT2D eigenvalue weighted by atomic mass is 10.0. The second-order valence-electron chi connectivity index (χ2n) is 18.6. The van der Waals surface area contributed by atoms with E-state index in [-0.39, 0.29) is 74.8 Å². The zero-order chi connectivity index (χ0) is 56.9. The lowest BCUT2D eigenvalue weighted by Crippen LogP contribution is -2.59. The van der Waals surface area contributed by atoms with Crippen molar-refractivity contribution in [3.63, 3.8) is 0 Å². The number of benzene rings is 4. The molecule has 4 aromatic carbocycles. The molecular weight excluding hydrogens is 1010 g/mol. The minimum absolute atomic E-state index is 0.0227. The van der Waals surface area contributed by atoms with Crippen LogP contribution in [0.1, 0.15) is 54.4 Å². The molecule has 0 unspecified atom stereocenters. The van der Waals surface area contributed by atoms with E-state index in [1.807, 2.05) is 0 Å². The number of carbonyl (C=O) groups excluding carboxylic acids is 7. The Labute approximate surface area is 448 Å². The Kier molecular flexibility index (Phi) is 22.3. The van der Waals surface area contributed by atoms with Crippen LogP contribution in [0, 0.1) is 5.41 Å². The number of aromatic hydroxyl groups is 3. The Morgan fingerprint density at radius 1 is 0.577 bits per heavy atom. The number of rotatable bonds is 28. The van der Waals surface area contributed by atoms with E-state index in [0.717, 1.165) is 0 Å². The third kappa shape index (κ3) is 19.1. The Balaban J connectivity index is 1.31. The highest BCUT2D eigenvalue weighted by atomic mass is 16.4. The Morgan fingerprint density at radius 2 is 1.05 bits per heavy atom. The van der Waals surface area contributed by atoms with Gasteiger partial charge in [0.1, 0.15) is 53.5 Å². The monoisotopic (exact) mass is 1080 g/mol. The van der Waals surface area contributed by atoms with Crippen LogP contribution in [0.25, 0.3) is 0 Å². The molecule has 1 heterocycles. The molecule has 7 amide bonds. The molecule has 1 aliphatic rings. The van der Waals surface area contributed by atoms with Gasteiger partial charge < -0.3 is 79.1 Å². The van der Waals surface area contributed by atoms with Gasteiger partial charge in [0.15, 0.2) is 5.96 Å². The van der Waals surface area contributed by atoms with Crippen molar-refractivity contribution < 1.29 is 68.7 Å². The molecule has 416 valence electrons. The van der Waals surface area contributed by atoms with Gasteiger partial charge in [0.25, 0.3) is 0 Å². The van der Waals surface area contributed by atoms with Gasteiger partial charge in [-0.2, -0.15) is 0 Å². The van der Waals surface area contributed by atoms with Gasteiger partial charge in [0.2, 0.25) is 41.4 Å². The van der Waals surface area contributed by atoms with Crippen LogP contribution < -0.4 is 48.7 Å². The normalized spacial score (nSPS) is 15.1. The van der Waals surface area contributed by atoms with Crippen LogP contribution in [-0.2, 0) is 68.8 Å². The van der Waals surface area contributed by atoms with Crippen LogP contribution in [0.5, 0.6) is 17.2 Å². The Hall–Kier alpha value is -9.26. The SMILES string of the molecule is N=C(N)NCCC[C@H](N)C(=O)N[C@@H](Cc1ccc(O)cc1)C(=O)NCC(=O)N[C@@H](Cc1ccc(O)cc1)C(=O)N1CCC[C@H]1C(=O)N[C@@H](Cc1ccccc1)C(=O)N[C@@H](CC(=O)O)C(=O)N[C@@H](Cc1ccc(O)cc1)C(=O)O. The van der Waals surface area contributed by atoms with Crippen molar-refractivity contribution in [2.75, 3.05) is 19.6 Å². The number of amides is 7. The number of carbonyl (C=O) groups is 9. The van der Waals surface area contributed by atoms with Crippen molar-refractivity contribution in [3.8, 4) is 17.2 Å². The summed E-state index contributed by atoms with van der Waals surface area (Å²) in [6.07, 6.45) is -0.735. The fourth-order valence-corrected chi connectivity index (χ4v) is 8.46. The molecule has 25 heteroatoms. The maximum Gasteiger partial charge on any atom is 0.326 e. The fraction of sp³-hybridized carbons (Fsp3) is 0.358. The number of phenolic OH excluding ortho intramolecular Hbond substituents is 3. The van der Waals surface area contributed by atoms with Gasteiger partial charge >= 0.3 is 11.9 Å². The molecule has 0 radical (unpaired) electrons. The van der Waals surface area contributed by atoms with E-state index in [1.165, 1.54) is 77.7 Å². The Bertz CT molecular complexity index is 2750. The van der Waals surface area contributed by atoms with Crippen molar-refractivity contribution in [2.24, 2.45) is 11.5 Å². The topological polar surface area (TPSA) is 418 Å². The molecule has 5 rings (SSSR count). The van der Waals surface area contributed by atoms with E-state index >= 15 is 0 Å². The number of aliphatic carboxylic acids is 2. The first-order valence-electron chi connectivity index (χ1n) is 24.9. The largest absolute Gasteiger partial charge is 0.508 e. The third-order valence-corrected chi connectivity index (χ3v) is 12.5. The average Bonchev–Trinajstić information content (AvgIpc) is 3.91. The molecule has 1 aliphatic heterocycles. The minimum atomic E-state index is -1.83. The summed E-state index contributed by atoms with van der Waals surface area (Å²) >= 11 is 0. The number of guanidine groups is 1. The first kappa shape index (κ1) is 59.6. The highest BCUT2D eigenvalue weighted by molar-refractivity contribution is 5.98. The van der Waals surface area contributed by atoms with Crippen molar-refractivity contribution in [1.29, 1.82) is 5.41 Å². The zero-order valence-corrected chi connectivity index (χ0v) is 42.4. The highest BCUT2D eigenvalue weighted by Gasteiger charge is 2.40. The number of phenols is 3. The van der Waals surface area contributed by atoms with Gasteiger partial charge in [-0.25, -0.2) is 4.79 Å². The summed E-state index contributed by atoms with van der Waals surface area (Å²) in [5.74, 6) is -9.49. The molecule has 7 atom stereocenters. The van der Waals surface area contributed by atoms with Gasteiger partial charge in [-0.3, -0.25) is 43.8 Å². The highest BCUT2D eigenvalue weighted by Crippen LogP contribution is 2.22. The summed E-state index contributed by atoms with van der Waals surface area (Å²) in [4.78, 5) is 123. The molecule has 25 nitrogen and oxygen atoms in total. The smallest absolute Gasteiger partial charge is 0.326 e. The summed E-state index contributed by atoms with van der Waals surface area (Å²) in [5, 5.41) is 74.0. The fourth-order valence-electron chi connectivity index (χ4n) is 8.46. The number of carboxylic acid groups (broad SMARTS) is 2. The van der Waals surface area contributed by atoms with Crippen LogP contribution >= 0.6 is 0 Å². The molecule has 0 aliphatic carbocycles. The molecular formula is C53H65N11O14. The first-order valence-corrected chi connectivity index (χ1v) is 24.9. The number of hydrogen-bond donors (Lipinski definition) is 15. The van der Waals surface area contributed by atoms with Gasteiger partial charge in [0.05, 0.1) is 19.0 Å². The number of nitrogens with two attached hydrogens (primary N) is 2. The van der Waals surface area contributed by atoms with Crippen LogP contribution in [0.2, 0.25) is 0 Å². The van der Waals surface area contributed by atoms with E-state index in [1.54, 1.807) is 30.3 Å². The van der Waals surface area contributed by atoms with Gasteiger partial charge in [-0.05, 0) is 84.3 Å². The van der Waals surface area contributed by atoms with E-state index in [4.69, 9.17) is 16.9 Å². The lowest BCUT2D eigenvalue weighted by Gasteiger charge is -2.30. The summed E-state index contributed by atoms with van der Waals surface area (Å²) in [5.41, 5.74) is 13.4. The quantitative estimate of drug-likeness (QED) is 0.0180. The number of hydrogen-bond acceptors (Lipinski definition) is 14. The standard InChI is InChI=1S/C53H65N11O14/c54-37(8-4-22-57-53(55)56)46(71)60-38(25-31-10-16-34(65)17-11-31)47(72)58-29-44(68)59-41(26-32-12-18-35(66)19-13-32)51(76)64-23-5-9-43(64)50(75)62-39(24-30-6-2-1-3-7-30)48(73)61-40(28-45(69)70)49(74)63-42(52(77)78)27-33-14-20-36(67)21-15-33/h1-3,6-7,10-21,37-43,65-67H,4-5,8-9,22-29,54H2,(H,58,72)(H,59,68)(H,60,71)(H,61,73)(H,62,75)(H,63,74)(H,69,70)(H,77,78)(H4,55,56,57)/t37-,38-,39-,40-,41-,42-,43-/m0/s1. The maximum absolute atomic E-state index is 14.6. The summed E-state index contributed by atoms with van der Waals surface area (Å²) < 4.78 is 0. The molecule has 17 N–H and O–H groups in total. The van der Waals surface area contributed by atoms with Gasteiger partial charge in [0, 0.05) is 38.8 Å². The number of carboxylic acids is 2. The molecule has 1 saturated heterocycles. The van der Waals surface area contributed by atoms with Crippen molar-refractivity contribution in [2.45, 2.75) is 100 Å². The minimum Gasteiger partial charge on any atom is -0.508 e. The van der Waals surface area contributed by atoms with Crippen molar-refractivity contribution in [1.82, 2.24) is 42.1 Å². The van der Waals surface area contributed by atoms with Crippen LogP contribution in [0.3, 0.4) is 0 Å². The lowest BCUT2D eigenvalue weighted by molar-refractivity contribution is -0.144. The third-order valence-electron chi connectivity index (χ3n) is 12.5.